The standard InChI is InChI=1S/C25H19N5O/c1-18-12-14-20(15-13-18)29-17-22(24(28-29)25(31)19-8-4-2-5-9-19)23-16-26-30(27-23)21-10-6-3-7-11-21/h2-17H,1H3. The summed E-state index contributed by atoms with van der Waals surface area (Å²) in [4.78, 5) is 14.8. The van der Waals surface area contributed by atoms with Gasteiger partial charge in [-0.15, -0.1) is 5.10 Å². The highest BCUT2D eigenvalue weighted by molar-refractivity contribution is 6.11. The smallest absolute Gasteiger partial charge is 0.213 e. The van der Waals surface area contributed by atoms with E-state index < -0.39 is 0 Å². The molecule has 6 heteroatoms. The van der Waals surface area contributed by atoms with Gasteiger partial charge in [-0.05, 0) is 31.2 Å². The van der Waals surface area contributed by atoms with Crippen LogP contribution < -0.4 is 0 Å². The molecule has 2 aromatic heterocycles. The highest BCUT2D eigenvalue weighted by atomic mass is 16.1. The van der Waals surface area contributed by atoms with Gasteiger partial charge in [0, 0.05) is 11.8 Å². The second-order valence-corrected chi connectivity index (χ2v) is 7.22. The highest BCUT2D eigenvalue weighted by Gasteiger charge is 2.22. The SMILES string of the molecule is Cc1ccc(-n2cc(-c3cnn(-c4ccccc4)n3)c(C(=O)c3ccccc3)n2)cc1. The molecule has 0 bridgehead atoms. The second kappa shape index (κ2) is 7.84. The maximum Gasteiger partial charge on any atom is 0.213 e. The van der Waals surface area contributed by atoms with Crippen LogP contribution in [0.3, 0.4) is 0 Å². The summed E-state index contributed by atoms with van der Waals surface area (Å²) in [6.07, 6.45) is 3.49. The van der Waals surface area contributed by atoms with Crippen LogP contribution in [0.1, 0.15) is 21.6 Å². The number of aryl methyl sites for hydroxylation is 1. The summed E-state index contributed by atoms with van der Waals surface area (Å²) in [7, 11) is 0. The zero-order valence-corrected chi connectivity index (χ0v) is 16.9. The summed E-state index contributed by atoms with van der Waals surface area (Å²) in [5, 5.41) is 13.6. The first-order chi connectivity index (χ1) is 15.2. The number of nitrogens with zero attached hydrogens (tertiary/aromatic N) is 5. The normalized spacial score (nSPS) is 10.9. The predicted octanol–water partition coefficient (Wildman–Crippen LogP) is 4.66. The molecule has 31 heavy (non-hydrogen) atoms. The van der Waals surface area contributed by atoms with Crippen molar-refractivity contribution in [3.63, 3.8) is 0 Å². The summed E-state index contributed by atoms with van der Waals surface area (Å²) in [6.45, 7) is 2.03. The van der Waals surface area contributed by atoms with Crippen molar-refractivity contribution >= 4 is 5.78 Å². The summed E-state index contributed by atoms with van der Waals surface area (Å²) >= 11 is 0. The summed E-state index contributed by atoms with van der Waals surface area (Å²) in [5.41, 5.74) is 5.01. The molecule has 0 saturated heterocycles. The Morgan fingerprint density at radius 3 is 2.16 bits per heavy atom. The molecule has 2 heterocycles. The van der Waals surface area contributed by atoms with E-state index in [1.807, 2.05) is 85.9 Å². The van der Waals surface area contributed by atoms with Crippen molar-refractivity contribution in [2.24, 2.45) is 0 Å². The Morgan fingerprint density at radius 1 is 0.774 bits per heavy atom. The first kappa shape index (κ1) is 18.7. The largest absolute Gasteiger partial charge is 0.287 e. The number of ketones is 1. The fourth-order valence-corrected chi connectivity index (χ4v) is 3.36. The van der Waals surface area contributed by atoms with Crippen LogP contribution >= 0.6 is 0 Å². The second-order valence-electron chi connectivity index (χ2n) is 7.22. The third-order valence-electron chi connectivity index (χ3n) is 5.02. The van der Waals surface area contributed by atoms with Gasteiger partial charge in [-0.25, -0.2) is 4.68 Å². The lowest BCUT2D eigenvalue weighted by Gasteiger charge is -2.01. The van der Waals surface area contributed by atoms with Crippen LogP contribution in [-0.4, -0.2) is 30.6 Å². The number of carbonyl (C=O) groups excluding carboxylic acids is 1. The monoisotopic (exact) mass is 405 g/mol. The molecule has 0 saturated carbocycles. The van der Waals surface area contributed by atoms with Crippen LogP contribution in [0.15, 0.2) is 97.3 Å². The Labute approximate surface area is 179 Å². The third kappa shape index (κ3) is 3.67. The molecule has 0 N–H and O–H groups in total. The van der Waals surface area contributed by atoms with E-state index >= 15 is 0 Å². The zero-order valence-electron chi connectivity index (χ0n) is 16.9. The third-order valence-corrected chi connectivity index (χ3v) is 5.02. The molecule has 3 aromatic carbocycles. The van der Waals surface area contributed by atoms with Crippen molar-refractivity contribution in [2.45, 2.75) is 6.92 Å². The van der Waals surface area contributed by atoms with E-state index in [9.17, 15) is 4.79 Å². The van der Waals surface area contributed by atoms with Crippen molar-refractivity contribution in [3.8, 4) is 22.6 Å². The minimum atomic E-state index is -0.157. The van der Waals surface area contributed by atoms with E-state index in [0.29, 0.717) is 22.5 Å². The summed E-state index contributed by atoms with van der Waals surface area (Å²) in [5.74, 6) is -0.157. The average Bonchev–Trinajstić information content (AvgIpc) is 3.48. The Bertz CT molecular complexity index is 1340. The first-order valence-corrected chi connectivity index (χ1v) is 9.94. The number of hydrogen-bond donors (Lipinski definition) is 0. The summed E-state index contributed by atoms with van der Waals surface area (Å²) in [6, 6.07) is 26.8. The number of carbonyl (C=O) groups is 1. The van der Waals surface area contributed by atoms with Crippen LogP contribution in [0.5, 0.6) is 0 Å². The molecule has 5 aromatic rings. The van der Waals surface area contributed by atoms with Crippen LogP contribution in [0.2, 0.25) is 0 Å². The van der Waals surface area contributed by atoms with E-state index in [0.717, 1.165) is 16.9 Å². The van der Waals surface area contributed by atoms with Gasteiger partial charge in [-0.3, -0.25) is 4.79 Å². The van der Waals surface area contributed by atoms with Crippen molar-refractivity contribution in [1.82, 2.24) is 24.8 Å². The van der Waals surface area contributed by atoms with E-state index in [1.54, 1.807) is 27.8 Å². The number of hydrogen-bond acceptors (Lipinski definition) is 4. The minimum Gasteiger partial charge on any atom is -0.287 e. The van der Waals surface area contributed by atoms with Gasteiger partial charge in [-0.2, -0.15) is 15.0 Å². The van der Waals surface area contributed by atoms with E-state index in [-0.39, 0.29) is 5.78 Å². The van der Waals surface area contributed by atoms with Gasteiger partial charge in [-0.1, -0.05) is 66.2 Å². The van der Waals surface area contributed by atoms with Gasteiger partial charge in [0.15, 0.2) is 0 Å². The molecule has 0 unspecified atom stereocenters. The molecule has 150 valence electrons. The molecule has 0 radical (unpaired) electrons. The Kier molecular flexibility index (Phi) is 4.72. The number of rotatable bonds is 5. The topological polar surface area (TPSA) is 65.6 Å². The lowest BCUT2D eigenvalue weighted by molar-refractivity contribution is 0.103. The van der Waals surface area contributed by atoms with Crippen molar-refractivity contribution in [3.05, 3.63) is 114 Å². The van der Waals surface area contributed by atoms with Crippen LogP contribution in [-0.2, 0) is 0 Å². The van der Waals surface area contributed by atoms with E-state index in [1.165, 1.54) is 0 Å². The quantitative estimate of drug-likeness (QED) is 0.399. The molecular weight excluding hydrogens is 386 g/mol. The number of benzene rings is 3. The molecule has 0 spiro atoms. The van der Waals surface area contributed by atoms with Gasteiger partial charge >= 0.3 is 0 Å². The van der Waals surface area contributed by atoms with Gasteiger partial charge in [0.2, 0.25) is 5.78 Å². The molecule has 0 aliphatic carbocycles. The fraction of sp³-hybridized carbons (Fsp3) is 0.0400. The Balaban J connectivity index is 1.62. The lowest BCUT2D eigenvalue weighted by atomic mass is 10.0. The van der Waals surface area contributed by atoms with Gasteiger partial charge in [0.05, 0.1) is 23.1 Å². The number of aromatic nitrogens is 5. The van der Waals surface area contributed by atoms with Crippen molar-refractivity contribution < 1.29 is 4.79 Å². The molecule has 0 fully saturated rings. The van der Waals surface area contributed by atoms with Crippen molar-refractivity contribution in [1.29, 1.82) is 0 Å². The average molecular weight is 405 g/mol. The van der Waals surface area contributed by atoms with Crippen LogP contribution in [0.4, 0.5) is 0 Å². The molecule has 0 amide bonds. The first-order valence-electron chi connectivity index (χ1n) is 9.94. The minimum absolute atomic E-state index is 0.157. The molecule has 5 rings (SSSR count). The van der Waals surface area contributed by atoms with Gasteiger partial charge in [0.1, 0.15) is 11.4 Å². The number of para-hydroxylation sites is 1. The molecular formula is C25H19N5O. The van der Waals surface area contributed by atoms with Gasteiger partial charge < -0.3 is 0 Å². The van der Waals surface area contributed by atoms with Crippen LogP contribution in [0.25, 0.3) is 22.6 Å². The van der Waals surface area contributed by atoms with Gasteiger partial charge in [0.25, 0.3) is 0 Å². The van der Waals surface area contributed by atoms with E-state index in [4.69, 9.17) is 0 Å². The maximum atomic E-state index is 13.3. The Morgan fingerprint density at radius 2 is 1.45 bits per heavy atom. The molecule has 0 atom stereocenters. The zero-order chi connectivity index (χ0) is 21.2. The molecule has 0 aliphatic heterocycles. The Hall–Kier alpha value is -4.32. The molecule has 6 nitrogen and oxygen atoms in total. The summed E-state index contributed by atoms with van der Waals surface area (Å²) < 4.78 is 1.71. The highest BCUT2D eigenvalue weighted by Crippen LogP contribution is 2.25. The lowest BCUT2D eigenvalue weighted by Crippen LogP contribution is -2.05. The van der Waals surface area contributed by atoms with E-state index in [2.05, 4.69) is 15.3 Å². The molecule has 0 aliphatic rings. The predicted molar refractivity (Wildman–Crippen MR) is 119 cm³/mol. The van der Waals surface area contributed by atoms with Crippen molar-refractivity contribution in [2.75, 3.05) is 0 Å². The van der Waals surface area contributed by atoms with Crippen LogP contribution in [0, 0.1) is 6.92 Å². The maximum absolute atomic E-state index is 13.3. The fourth-order valence-electron chi connectivity index (χ4n) is 3.36.